The minimum absolute atomic E-state index is 0.0492. The smallest absolute Gasteiger partial charge is 0.149 e. The largest absolute Gasteiger partial charge is 0.242 e. The number of pyridine rings is 2. The summed E-state index contributed by atoms with van der Waals surface area (Å²) in [5, 5.41) is 78.6. The zero-order valence-electron chi connectivity index (χ0n) is 21.7. The van der Waals surface area contributed by atoms with Gasteiger partial charge in [-0.15, -0.1) is 0 Å². The van der Waals surface area contributed by atoms with Crippen molar-refractivity contribution in [1.29, 1.82) is 42.1 Å². The Balaban J connectivity index is 1.97. The molecule has 12 heteroatoms. The van der Waals surface area contributed by atoms with Crippen molar-refractivity contribution in [2.75, 3.05) is 0 Å². The number of fused-ring (bicyclic) bond motifs is 2. The monoisotopic (exact) mass is 568 g/mol. The van der Waals surface area contributed by atoms with Crippen molar-refractivity contribution in [2.24, 2.45) is 0 Å². The highest BCUT2D eigenvalue weighted by atomic mass is 19.1. The van der Waals surface area contributed by atoms with Crippen molar-refractivity contribution in [1.82, 2.24) is 9.97 Å². The van der Waals surface area contributed by atoms with Gasteiger partial charge >= 0.3 is 0 Å². The van der Waals surface area contributed by atoms with Crippen LogP contribution in [-0.4, -0.2) is 9.97 Å². The van der Waals surface area contributed by atoms with E-state index in [0.29, 0.717) is 0 Å². The Bertz CT molecular complexity index is 2190. The molecule has 0 N–H and O–H groups in total. The van der Waals surface area contributed by atoms with Crippen LogP contribution >= 0.6 is 0 Å². The molecule has 2 aliphatic carbocycles. The topological polar surface area (TPSA) is 216 Å². The van der Waals surface area contributed by atoms with Gasteiger partial charge in [0.15, 0.2) is 0 Å². The Kier molecular flexibility index (Phi) is 6.75. The number of rotatable bonds is 2. The maximum atomic E-state index is 15.2. The zero-order valence-corrected chi connectivity index (χ0v) is 21.7. The van der Waals surface area contributed by atoms with Gasteiger partial charge in [0.05, 0.1) is 23.5 Å². The molecule has 2 aliphatic rings. The van der Waals surface area contributed by atoms with Crippen molar-refractivity contribution in [3.63, 3.8) is 0 Å². The number of hydrogen-bond donors (Lipinski definition) is 0. The van der Waals surface area contributed by atoms with Crippen LogP contribution in [0.1, 0.15) is 44.8 Å². The summed E-state index contributed by atoms with van der Waals surface area (Å²) in [4.78, 5) is 7.33. The summed E-state index contributed by atoms with van der Waals surface area (Å²) in [6.07, 6.45) is 1.51. The van der Waals surface area contributed by atoms with Gasteiger partial charge < -0.3 is 0 Å². The molecule has 3 aromatic rings. The maximum Gasteiger partial charge on any atom is 0.149 e. The van der Waals surface area contributed by atoms with Crippen molar-refractivity contribution >= 4 is 33.4 Å². The Morgan fingerprint density at radius 2 is 0.841 bits per heavy atom. The number of nitrogens with zero attached hydrogens (tertiary/aromatic N) is 10. The highest BCUT2D eigenvalue weighted by molar-refractivity contribution is 6.29. The summed E-state index contributed by atoms with van der Waals surface area (Å²) < 4.78 is 30.4. The summed E-state index contributed by atoms with van der Waals surface area (Å²) >= 11 is 0. The second kappa shape index (κ2) is 10.7. The average Bonchev–Trinajstić information content (AvgIpc) is 3.53. The second-order valence-corrected chi connectivity index (χ2v) is 8.94. The number of allylic oxidation sites excluding steroid dienone is 8. The third-order valence-corrected chi connectivity index (χ3v) is 6.88. The molecule has 5 rings (SSSR count). The van der Waals surface area contributed by atoms with E-state index in [4.69, 9.17) is 0 Å². The summed E-state index contributed by atoms with van der Waals surface area (Å²) in [5.41, 5.74) is -3.02. The van der Waals surface area contributed by atoms with Gasteiger partial charge in [-0.1, -0.05) is 0 Å². The van der Waals surface area contributed by atoms with Gasteiger partial charge in [0.2, 0.25) is 0 Å². The number of nitriles is 8. The Morgan fingerprint density at radius 1 is 0.477 bits per heavy atom. The molecule has 2 aromatic heterocycles. The molecule has 0 saturated carbocycles. The molecule has 198 valence electrons. The lowest BCUT2D eigenvalue weighted by Crippen LogP contribution is -1.97. The quantitative estimate of drug-likeness (QED) is 0.377. The second-order valence-electron chi connectivity index (χ2n) is 8.94. The first-order chi connectivity index (χ1) is 21.3. The van der Waals surface area contributed by atoms with Crippen LogP contribution in [0.5, 0.6) is 0 Å². The predicted octanol–water partition coefficient (Wildman–Crippen LogP) is 5.00. The van der Waals surface area contributed by atoms with Crippen molar-refractivity contribution in [3.05, 3.63) is 104 Å². The fraction of sp³-hybridized carbons (Fsp3) is 0. The van der Waals surface area contributed by atoms with E-state index in [9.17, 15) is 42.1 Å². The Morgan fingerprint density at radius 3 is 1.14 bits per heavy atom. The molecule has 0 fully saturated rings. The van der Waals surface area contributed by atoms with Gasteiger partial charge in [-0.25, -0.2) is 18.7 Å². The van der Waals surface area contributed by atoms with Crippen LogP contribution in [0, 0.1) is 102 Å². The normalized spacial score (nSPS) is 12.3. The third kappa shape index (κ3) is 3.93. The SMILES string of the molecule is N#CC(C#N)=C1C(c2cc(C#N)ncc2F)=C(C#N)c2cc3c(cc21)C(C#N)=C(c1cc(C#N)ncc1F)C3=C(C#N)C#N. The molecule has 0 amide bonds. The lowest BCUT2D eigenvalue weighted by molar-refractivity contribution is 0.617. The molecule has 1 aromatic carbocycles. The molecule has 0 unspecified atom stereocenters. The molecule has 0 atom stereocenters. The molecule has 0 spiro atoms. The standard InChI is InChI=1S/C32H6F2N10/c33-27-13-43-17(9-39)1-23(27)31-25(11-41)19-3-22-20(4-21(19)29(31)15(5-35)6-36)26(12-42)32(30(22)16(7-37)8-38)24-2-18(10-40)44-14-28(24)34/h1-4,13-14H. The van der Waals surface area contributed by atoms with Gasteiger partial charge in [0.25, 0.3) is 0 Å². The first kappa shape index (κ1) is 27.8. The lowest BCUT2D eigenvalue weighted by atomic mass is 9.90. The van der Waals surface area contributed by atoms with Gasteiger partial charge in [-0.3, -0.25) is 0 Å². The maximum absolute atomic E-state index is 15.2. The van der Waals surface area contributed by atoms with E-state index in [-0.39, 0.29) is 78.2 Å². The zero-order chi connectivity index (χ0) is 31.7. The number of halogens is 2. The van der Waals surface area contributed by atoms with Gasteiger partial charge in [0, 0.05) is 44.5 Å². The highest BCUT2D eigenvalue weighted by Gasteiger charge is 2.38. The molecular formula is C32H6F2N10. The van der Waals surface area contributed by atoms with E-state index in [1.165, 1.54) is 12.1 Å². The van der Waals surface area contributed by atoms with E-state index in [0.717, 1.165) is 24.5 Å². The molecule has 44 heavy (non-hydrogen) atoms. The summed E-state index contributed by atoms with van der Waals surface area (Å²) in [6, 6.07) is 19.1. The molecule has 10 nitrogen and oxygen atoms in total. The summed E-state index contributed by atoms with van der Waals surface area (Å²) in [5.74, 6) is -1.92. The Labute approximate surface area is 247 Å². The van der Waals surface area contributed by atoms with Gasteiger partial charge in [-0.2, -0.15) is 42.1 Å². The van der Waals surface area contributed by atoms with E-state index >= 15 is 8.78 Å². The van der Waals surface area contributed by atoms with E-state index in [2.05, 4.69) is 9.97 Å². The van der Waals surface area contributed by atoms with Gasteiger partial charge in [-0.05, 0) is 35.4 Å². The molecule has 0 radical (unpaired) electrons. The molecule has 0 aliphatic heterocycles. The number of hydrogen-bond acceptors (Lipinski definition) is 10. The van der Waals surface area contributed by atoms with Crippen LogP contribution in [0.15, 0.2) is 47.8 Å². The first-order valence-corrected chi connectivity index (χ1v) is 12.0. The van der Waals surface area contributed by atoms with Crippen molar-refractivity contribution in [3.8, 4) is 48.6 Å². The van der Waals surface area contributed by atoms with Crippen LogP contribution in [0.25, 0.3) is 33.4 Å². The fourth-order valence-electron chi connectivity index (χ4n) is 5.16. The van der Waals surface area contributed by atoms with Crippen LogP contribution in [-0.2, 0) is 0 Å². The van der Waals surface area contributed by atoms with Crippen LogP contribution in [0.2, 0.25) is 0 Å². The van der Waals surface area contributed by atoms with E-state index in [1.807, 2.05) is 12.1 Å². The third-order valence-electron chi connectivity index (χ3n) is 6.88. The van der Waals surface area contributed by atoms with Crippen LogP contribution in [0.3, 0.4) is 0 Å². The fourth-order valence-corrected chi connectivity index (χ4v) is 5.16. The first-order valence-electron chi connectivity index (χ1n) is 12.0. The van der Waals surface area contributed by atoms with Crippen molar-refractivity contribution in [2.45, 2.75) is 0 Å². The van der Waals surface area contributed by atoms with Gasteiger partial charge in [0.1, 0.15) is 82.7 Å². The number of benzene rings is 1. The summed E-state index contributed by atoms with van der Waals surface area (Å²) in [6.45, 7) is 0. The van der Waals surface area contributed by atoms with E-state index < -0.39 is 22.8 Å². The minimum atomic E-state index is -0.960. The highest BCUT2D eigenvalue weighted by Crippen LogP contribution is 2.54. The van der Waals surface area contributed by atoms with Crippen LogP contribution in [0.4, 0.5) is 8.78 Å². The molecule has 0 saturated heterocycles. The molecule has 0 bridgehead atoms. The summed E-state index contributed by atoms with van der Waals surface area (Å²) in [7, 11) is 0. The lowest BCUT2D eigenvalue weighted by Gasteiger charge is -2.11. The molecule has 2 heterocycles. The molecular weight excluding hydrogens is 562 g/mol. The predicted molar refractivity (Wildman–Crippen MR) is 145 cm³/mol. The van der Waals surface area contributed by atoms with Crippen LogP contribution < -0.4 is 0 Å². The average molecular weight is 568 g/mol. The van der Waals surface area contributed by atoms with E-state index in [1.54, 1.807) is 36.4 Å². The Hall–Kier alpha value is -7.74. The number of aromatic nitrogens is 2. The minimum Gasteiger partial charge on any atom is -0.242 e. The van der Waals surface area contributed by atoms with Crippen molar-refractivity contribution < 1.29 is 8.78 Å².